The molecule has 108 valence electrons. The van der Waals surface area contributed by atoms with Crippen LogP contribution in [0.15, 0.2) is 30.3 Å². The molecule has 3 aromatic rings. The second-order valence-corrected chi connectivity index (χ2v) is 6.14. The fourth-order valence-electron chi connectivity index (χ4n) is 2.27. The third-order valence-electron chi connectivity index (χ3n) is 3.23. The topological polar surface area (TPSA) is 17.8 Å². The average molecular weight is 419 g/mol. The molecule has 0 amide bonds. The minimum atomic E-state index is -0.389. The third-order valence-corrected chi connectivity index (χ3v) is 4.30. The summed E-state index contributed by atoms with van der Waals surface area (Å²) < 4.78 is 30.1. The lowest BCUT2D eigenvalue weighted by atomic mass is 10.2. The van der Waals surface area contributed by atoms with E-state index < -0.39 is 0 Å². The number of hydrogen-bond donors (Lipinski definition) is 0. The zero-order valence-electron chi connectivity index (χ0n) is 11.0. The molecule has 0 spiro atoms. The molecule has 0 aliphatic carbocycles. The number of imidazole rings is 1. The first kappa shape index (κ1) is 14.7. The standard InChI is InChI=1S/C15H10ClF2IN2/c1-8-2-3-13(10(18)4-8)21-14-5-9(17)11(19)6-12(14)20-15(21)7-16/h2-6H,7H2,1H3. The highest BCUT2D eigenvalue weighted by Gasteiger charge is 2.16. The molecular weight excluding hydrogens is 409 g/mol. The molecule has 0 aliphatic heterocycles. The summed E-state index contributed by atoms with van der Waals surface area (Å²) in [5.41, 5.74) is 2.23. The van der Waals surface area contributed by atoms with Crippen molar-refractivity contribution in [1.29, 1.82) is 0 Å². The molecule has 0 radical (unpaired) electrons. The first-order valence-electron chi connectivity index (χ1n) is 6.20. The molecule has 1 heterocycles. The van der Waals surface area contributed by atoms with Gasteiger partial charge >= 0.3 is 0 Å². The van der Waals surface area contributed by atoms with Crippen LogP contribution in [0, 0.1) is 22.1 Å². The number of hydrogen-bond acceptors (Lipinski definition) is 1. The summed E-state index contributed by atoms with van der Waals surface area (Å²) in [6.45, 7) is 1.81. The Hall–Kier alpha value is -1.21. The van der Waals surface area contributed by atoms with Crippen molar-refractivity contribution in [1.82, 2.24) is 9.55 Å². The Morgan fingerprint density at radius 1 is 1.19 bits per heavy atom. The molecule has 2 nitrogen and oxygen atoms in total. The van der Waals surface area contributed by atoms with Crippen LogP contribution in [0.4, 0.5) is 8.78 Å². The van der Waals surface area contributed by atoms with Crippen LogP contribution < -0.4 is 0 Å². The van der Waals surface area contributed by atoms with Gasteiger partial charge in [-0.2, -0.15) is 0 Å². The van der Waals surface area contributed by atoms with Crippen LogP contribution in [0.1, 0.15) is 11.4 Å². The van der Waals surface area contributed by atoms with E-state index in [1.54, 1.807) is 22.8 Å². The van der Waals surface area contributed by atoms with Crippen LogP contribution in [-0.4, -0.2) is 9.55 Å². The first-order valence-corrected chi connectivity index (χ1v) is 7.81. The van der Waals surface area contributed by atoms with Crippen molar-refractivity contribution >= 4 is 45.2 Å². The number of aromatic nitrogens is 2. The molecule has 21 heavy (non-hydrogen) atoms. The lowest BCUT2D eigenvalue weighted by Gasteiger charge is -2.10. The molecule has 0 aliphatic rings. The van der Waals surface area contributed by atoms with E-state index in [2.05, 4.69) is 4.98 Å². The Labute approximate surface area is 138 Å². The van der Waals surface area contributed by atoms with Gasteiger partial charge in [0.05, 0.1) is 26.2 Å². The maximum absolute atomic E-state index is 14.3. The summed E-state index contributed by atoms with van der Waals surface area (Å²) in [7, 11) is 0. The summed E-state index contributed by atoms with van der Waals surface area (Å²) in [6.07, 6.45) is 0. The molecule has 0 unspecified atom stereocenters. The maximum atomic E-state index is 14.3. The van der Waals surface area contributed by atoms with E-state index in [0.29, 0.717) is 26.1 Å². The predicted octanol–water partition coefficient (Wildman–Crippen LogP) is 4.96. The second kappa shape index (κ2) is 5.53. The molecule has 0 fully saturated rings. The van der Waals surface area contributed by atoms with Crippen molar-refractivity contribution in [2.45, 2.75) is 12.8 Å². The number of halogens is 4. The van der Waals surface area contributed by atoms with Crippen molar-refractivity contribution in [3.8, 4) is 5.69 Å². The minimum Gasteiger partial charge on any atom is -0.292 e. The number of fused-ring (bicyclic) bond motifs is 1. The highest BCUT2D eigenvalue weighted by atomic mass is 127. The van der Waals surface area contributed by atoms with Crippen molar-refractivity contribution in [3.05, 3.63) is 56.9 Å². The minimum absolute atomic E-state index is 0.111. The highest BCUT2D eigenvalue weighted by Crippen LogP contribution is 2.27. The normalized spacial score (nSPS) is 11.3. The van der Waals surface area contributed by atoms with E-state index in [9.17, 15) is 8.78 Å². The maximum Gasteiger partial charge on any atom is 0.147 e. The van der Waals surface area contributed by atoms with E-state index in [-0.39, 0.29) is 17.5 Å². The smallest absolute Gasteiger partial charge is 0.147 e. The van der Waals surface area contributed by atoms with E-state index in [0.717, 1.165) is 5.56 Å². The number of rotatable bonds is 2. The number of nitrogens with zero attached hydrogens (tertiary/aromatic N) is 2. The van der Waals surface area contributed by atoms with E-state index in [1.165, 1.54) is 12.1 Å². The first-order chi connectivity index (χ1) is 10.0. The summed E-state index contributed by atoms with van der Waals surface area (Å²) in [4.78, 5) is 4.37. The molecule has 1 aromatic heterocycles. The van der Waals surface area contributed by atoms with Gasteiger partial charge in [0.25, 0.3) is 0 Å². The predicted molar refractivity (Wildman–Crippen MR) is 88.0 cm³/mol. The number of alkyl halides is 1. The SMILES string of the molecule is Cc1ccc(-n2c(CCl)nc3cc(I)c(F)cc32)c(F)c1. The van der Waals surface area contributed by atoms with Crippen LogP contribution in [0.5, 0.6) is 0 Å². The van der Waals surface area contributed by atoms with Gasteiger partial charge in [-0.25, -0.2) is 13.8 Å². The van der Waals surface area contributed by atoms with Crippen molar-refractivity contribution in [2.75, 3.05) is 0 Å². The third kappa shape index (κ3) is 2.53. The van der Waals surface area contributed by atoms with Crippen LogP contribution in [0.3, 0.4) is 0 Å². The average Bonchev–Trinajstić information content (AvgIpc) is 2.77. The quantitative estimate of drug-likeness (QED) is 0.425. The number of aryl methyl sites for hydroxylation is 1. The molecular formula is C15H10ClF2IN2. The van der Waals surface area contributed by atoms with Gasteiger partial charge in [0.2, 0.25) is 0 Å². The molecule has 0 saturated carbocycles. The fraction of sp³-hybridized carbons (Fsp3) is 0.133. The van der Waals surface area contributed by atoms with Crippen LogP contribution in [-0.2, 0) is 5.88 Å². The Kier molecular flexibility index (Phi) is 3.88. The van der Waals surface area contributed by atoms with Crippen LogP contribution in [0.2, 0.25) is 0 Å². The molecule has 6 heteroatoms. The summed E-state index contributed by atoms with van der Waals surface area (Å²) >= 11 is 7.82. The lowest BCUT2D eigenvalue weighted by molar-refractivity contribution is 0.614. The van der Waals surface area contributed by atoms with E-state index in [1.807, 2.05) is 29.5 Å². The van der Waals surface area contributed by atoms with Crippen molar-refractivity contribution < 1.29 is 8.78 Å². The van der Waals surface area contributed by atoms with Crippen LogP contribution >= 0.6 is 34.2 Å². The molecule has 3 rings (SSSR count). The number of benzene rings is 2. The van der Waals surface area contributed by atoms with Gasteiger partial charge in [-0.1, -0.05) is 6.07 Å². The van der Waals surface area contributed by atoms with Gasteiger partial charge in [0, 0.05) is 6.07 Å². The van der Waals surface area contributed by atoms with Crippen LogP contribution in [0.25, 0.3) is 16.7 Å². The van der Waals surface area contributed by atoms with Gasteiger partial charge in [-0.15, -0.1) is 11.6 Å². The fourth-order valence-corrected chi connectivity index (χ4v) is 2.90. The zero-order chi connectivity index (χ0) is 15.1. The molecule has 0 N–H and O–H groups in total. The highest BCUT2D eigenvalue weighted by molar-refractivity contribution is 14.1. The Morgan fingerprint density at radius 3 is 2.62 bits per heavy atom. The van der Waals surface area contributed by atoms with Gasteiger partial charge in [0.15, 0.2) is 0 Å². The van der Waals surface area contributed by atoms with Crippen molar-refractivity contribution in [3.63, 3.8) is 0 Å². The van der Waals surface area contributed by atoms with Crippen molar-refractivity contribution in [2.24, 2.45) is 0 Å². The lowest BCUT2D eigenvalue weighted by Crippen LogP contribution is -2.02. The molecule has 0 saturated heterocycles. The Balaban J connectivity index is 2.37. The van der Waals surface area contributed by atoms with Gasteiger partial charge in [0.1, 0.15) is 17.5 Å². The Morgan fingerprint density at radius 2 is 1.95 bits per heavy atom. The Bertz CT molecular complexity index is 845. The summed E-state index contributed by atoms with van der Waals surface area (Å²) in [6, 6.07) is 7.87. The van der Waals surface area contributed by atoms with Gasteiger partial charge in [-0.3, -0.25) is 4.57 Å². The molecule has 0 atom stereocenters. The summed E-state index contributed by atoms with van der Waals surface area (Å²) in [5, 5.41) is 0. The monoisotopic (exact) mass is 418 g/mol. The molecule has 0 bridgehead atoms. The van der Waals surface area contributed by atoms with Gasteiger partial charge in [-0.05, 0) is 53.3 Å². The van der Waals surface area contributed by atoms with Gasteiger partial charge < -0.3 is 0 Å². The largest absolute Gasteiger partial charge is 0.292 e. The zero-order valence-corrected chi connectivity index (χ0v) is 13.9. The van der Waals surface area contributed by atoms with E-state index in [4.69, 9.17) is 11.6 Å². The van der Waals surface area contributed by atoms with E-state index >= 15 is 0 Å². The molecule has 2 aromatic carbocycles. The second-order valence-electron chi connectivity index (χ2n) is 4.71. The summed E-state index contributed by atoms with van der Waals surface area (Å²) in [5.74, 6) is -0.159.